The van der Waals surface area contributed by atoms with Gasteiger partial charge in [-0.2, -0.15) is 4.98 Å². The molecule has 3 aromatic rings. The molecule has 7 nitrogen and oxygen atoms in total. The number of likely N-dealkylation sites (tertiary alicyclic amines) is 1. The van der Waals surface area contributed by atoms with E-state index in [1.165, 1.54) is 5.56 Å². The van der Waals surface area contributed by atoms with Crippen LogP contribution in [0.3, 0.4) is 0 Å². The lowest BCUT2D eigenvalue weighted by Crippen LogP contribution is -2.23. The smallest absolute Gasteiger partial charge is 0.244 e. The lowest BCUT2D eigenvalue weighted by Gasteiger charge is -2.21. The van der Waals surface area contributed by atoms with Crippen LogP contribution in [-0.2, 0) is 13.1 Å². The van der Waals surface area contributed by atoms with Crippen molar-refractivity contribution in [2.24, 2.45) is 0 Å². The highest BCUT2D eigenvalue weighted by Crippen LogP contribution is 2.32. The van der Waals surface area contributed by atoms with Gasteiger partial charge in [-0.05, 0) is 24.9 Å². The van der Waals surface area contributed by atoms with Crippen molar-refractivity contribution in [2.75, 3.05) is 6.54 Å². The van der Waals surface area contributed by atoms with Gasteiger partial charge in [-0.15, -0.1) is 5.10 Å². The first-order valence-electron chi connectivity index (χ1n) is 7.83. The maximum Gasteiger partial charge on any atom is 0.244 e. The van der Waals surface area contributed by atoms with Crippen molar-refractivity contribution in [3.8, 4) is 0 Å². The largest absolute Gasteiger partial charge is 0.338 e. The molecule has 0 N–H and O–H groups in total. The summed E-state index contributed by atoms with van der Waals surface area (Å²) in [5.74, 6) is 1.34. The second kappa shape index (κ2) is 6.29. The van der Waals surface area contributed by atoms with E-state index in [4.69, 9.17) is 4.52 Å². The summed E-state index contributed by atoms with van der Waals surface area (Å²) >= 11 is 0. The Morgan fingerprint density at radius 1 is 1.17 bits per heavy atom. The molecule has 0 bridgehead atoms. The van der Waals surface area contributed by atoms with Gasteiger partial charge < -0.3 is 4.52 Å². The monoisotopic (exact) mass is 310 g/mol. The average molecular weight is 310 g/mol. The summed E-state index contributed by atoms with van der Waals surface area (Å²) in [5.41, 5.74) is 1.31. The first-order chi connectivity index (χ1) is 11.4. The van der Waals surface area contributed by atoms with Gasteiger partial charge in [0, 0.05) is 12.7 Å². The Balaban J connectivity index is 1.47. The quantitative estimate of drug-likeness (QED) is 0.718. The molecule has 1 aliphatic heterocycles. The Labute approximate surface area is 133 Å². The predicted molar refractivity (Wildman–Crippen MR) is 82.2 cm³/mol. The Hall–Kier alpha value is -2.54. The van der Waals surface area contributed by atoms with E-state index in [-0.39, 0.29) is 6.04 Å². The van der Waals surface area contributed by atoms with Crippen LogP contribution in [-0.4, -0.2) is 36.6 Å². The third kappa shape index (κ3) is 3.14. The Bertz CT molecular complexity index is 739. The van der Waals surface area contributed by atoms with Gasteiger partial charge in [-0.3, -0.25) is 4.90 Å². The van der Waals surface area contributed by atoms with Crippen molar-refractivity contribution in [3.05, 3.63) is 60.0 Å². The average Bonchev–Trinajstić information content (AvgIpc) is 3.30. The molecule has 0 spiro atoms. The topological polar surface area (TPSA) is 72.9 Å². The summed E-state index contributed by atoms with van der Waals surface area (Å²) in [6.07, 6.45) is 5.63. The van der Waals surface area contributed by atoms with Gasteiger partial charge in [0.2, 0.25) is 5.89 Å². The molecule has 1 aromatic carbocycles. The molecule has 4 rings (SSSR count). The first kappa shape index (κ1) is 14.1. The highest BCUT2D eigenvalue weighted by Gasteiger charge is 2.30. The second-order valence-corrected chi connectivity index (χ2v) is 5.76. The summed E-state index contributed by atoms with van der Waals surface area (Å²) < 4.78 is 7.19. The van der Waals surface area contributed by atoms with E-state index in [2.05, 4.69) is 49.6 Å². The number of rotatable bonds is 5. The number of hydrogen-bond acceptors (Lipinski definition) is 6. The van der Waals surface area contributed by atoms with Gasteiger partial charge in [0.15, 0.2) is 5.82 Å². The Morgan fingerprint density at radius 2 is 2.09 bits per heavy atom. The Morgan fingerprint density at radius 3 is 2.91 bits per heavy atom. The van der Waals surface area contributed by atoms with Crippen LogP contribution >= 0.6 is 0 Å². The van der Waals surface area contributed by atoms with Crippen molar-refractivity contribution in [1.29, 1.82) is 0 Å². The van der Waals surface area contributed by atoms with Gasteiger partial charge >= 0.3 is 0 Å². The summed E-state index contributed by atoms with van der Waals surface area (Å²) in [7, 11) is 0. The van der Waals surface area contributed by atoms with Crippen LogP contribution in [0.1, 0.15) is 36.2 Å². The van der Waals surface area contributed by atoms with Crippen LogP contribution in [0.25, 0.3) is 0 Å². The van der Waals surface area contributed by atoms with E-state index in [1.807, 2.05) is 6.07 Å². The highest BCUT2D eigenvalue weighted by atomic mass is 16.5. The van der Waals surface area contributed by atoms with Crippen molar-refractivity contribution in [2.45, 2.75) is 32.0 Å². The van der Waals surface area contributed by atoms with E-state index in [0.29, 0.717) is 18.3 Å². The van der Waals surface area contributed by atoms with Crippen LogP contribution in [0.5, 0.6) is 0 Å². The number of aromatic nitrogens is 5. The molecule has 0 aliphatic carbocycles. The van der Waals surface area contributed by atoms with Crippen molar-refractivity contribution in [3.63, 3.8) is 0 Å². The van der Waals surface area contributed by atoms with Gasteiger partial charge in [0.25, 0.3) is 0 Å². The molecule has 0 amide bonds. The van der Waals surface area contributed by atoms with Crippen LogP contribution < -0.4 is 0 Å². The fourth-order valence-corrected chi connectivity index (χ4v) is 3.04. The minimum Gasteiger partial charge on any atom is -0.338 e. The third-order valence-corrected chi connectivity index (χ3v) is 4.14. The fourth-order valence-electron chi connectivity index (χ4n) is 3.04. The second-order valence-electron chi connectivity index (χ2n) is 5.76. The van der Waals surface area contributed by atoms with Gasteiger partial charge in [-0.25, -0.2) is 4.68 Å². The van der Waals surface area contributed by atoms with Crippen LogP contribution in [0.2, 0.25) is 0 Å². The molecule has 1 atom stereocenters. The maximum absolute atomic E-state index is 5.50. The normalized spacial score (nSPS) is 18.5. The molecule has 3 heterocycles. The van der Waals surface area contributed by atoms with Crippen molar-refractivity contribution >= 4 is 0 Å². The van der Waals surface area contributed by atoms with Crippen LogP contribution in [0, 0.1) is 0 Å². The van der Waals surface area contributed by atoms with Crippen molar-refractivity contribution < 1.29 is 4.52 Å². The van der Waals surface area contributed by atoms with E-state index in [1.54, 1.807) is 17.1 Å². The standard InChI is InChI=1S/C16H18N6O/c1-2-5-13(6-3-1)11-21-9-4-7-14(21)16-18-15(19-23-16)12-22-10-8-17-20-22/h1-3,5-6,8,10,14H,4,7,9,11-12H2. The molecule has 1 saturated heterocycles. The number of benzene rings is 1. The molecule has 23 heavy (non-hydrogen) atoms. The van der Waals surface area contributed by atoms with Crippen LogP contribution in [0.4, 0.5) is 0 Å². The molecule has 2 aromatic heterocycles. The molecule has 1 fully saturated rings. The minimum absolute atomic E-state index is 0.201. The number of hydrogen-bond donors (Lipinski definition) is 0. The maximum atomic E-state index is 5.50. The zero-order valence-electron chi connectivity index (χ0n) is 12.7. The Kier molecular flexibility index (Phi) is 3.85. The van der Waals surface area contributed by atoms with E-state index in [0.717, 1.165) is 25.9 Å². The first-order valence-corrected chi connectivity index (χ1v) is 7.83. The lowest BCUT2D eigenvalue weighted by atomic mass is 10.2. The zero-order valence-corrected chi connectivity index (χ0v) is 12.7. The molecule has 0 radical (unpaired) electrons. The lowest BCUT2D eigenvalue weighted by molar-refractivity contribution is 0.201. The summed E-state index contributed by atoms with van der Waals surface area (Å²) in [6.45, 7) is 2.45. The third-order valence-electron chi connectivity index (χ3n) is 4.14. The zero-order chi connectivity index (χ0) is 15.5. The molecule has 7 heteroatoms. The fraction of sp³-hybridized carbons (Fsp3) is 0.375. The van der Waals surface area contributed by atoms with E-state index in [9.17, 15) is 0 Å². The molecule has 118 valence electrons. The number of nitrogens with zero attached hydrogens (tertiary/aromatic N) is 6. The molecule has 0 saturated carbocycles. The summed E-state index contributed by atoms with van der Waals surface area (Å²) in [5, 5.41) is 11.8. The SMILES string of the molecule is c1ccc(CN2CCCC2c2nc(Cn3ccnn3)no2)cc1. The molecule has 1 unspecified atom stereocenters. The van der Waals surface area contributed by atoms with Gasteiger partial charge in [0.05, 0.1) is 12.2 Å². The summed E-state index contributed by atoms with van der Waals surface area (Å²) in [6, 6.07) is 10.7. The highest BCUT2D eigenvalue weighted by molar-refractivity contribution is 5.15. The minimum atomic E-state index is 0.201. The summed E-state index contributed by atoms with van der Waals surface area (Å²) in [4.78, 5) is 6.96. The van der Waals surface area contributed by atoms with Crippen molar-refractivity contribution in [1.82, 2.24) is 30.0 Å². The van der Waals surface area contributed by atoms with Gasteiger partial charge in [-0.1, -0.05) is 40.7 Å². The van der Waals surface area contributed by atoms with Crippen LogP contribution in [0.15, 0.2) is 47.2 Å². The van der Waals surface area contributed by atoms with E-state index >= 15 is 0 Å². The van der Waals surface area contributed by atoms with E-state index < -0.39 is 0 Å². The molecular formula is C16H18N6O. The molecule has 1 aliphatic rings. The predicted octanol–water partition coefficient (Wildman–Crippen LogP) is 2.05. The molecular weight excluding hydrogens is 292 g/mol. The van der Waals surface area contributed by atoms with Gasteiger partial charge in [0.1, 0.15) is 6.54 Å².